The lowest BCUT2D eigenvalue weighted by atomic mass is 9.93. The molecular formula is C20H26N2O4. The van der Waals surface area contributed by atoms with Crippen LogP contribution in [0.4, 0.5) is 0 Å². The number of hydrogen-bond acceptors (Lipinski definition) is 3. The molecule has 2 fully saturated rings. The van der Waals surface area contributed by atoms with E-state index in [0.717, 1.165) is 24.8 Å². The minimum Gasteiger partial charge on any atom is -0.480 e. The third-order valence-corrected chi connectivity index (χ3v) is 5.43. The molecule has 6 nitrogen and oxygen atoms in total. The van der Waals surface area contributed by atoms with Gasteiger partial charge in [0.2, 0.25) is 5.91 Å². The first-order chi connectivity index (χ1) is 12.5. The van der Waals surface area contributed by atoms with E-state index in [1.165, 1.54) is 4.90 Å². The molecule has 0 radical (unpaired) electrons. The summed E-state index contributed by atoms with van der Waals surface area (Å²) >= 11 is 0. The number of carboxylic acids is 1. The van der Waals surface area contributed by atoms with Gasteiger partial charge in [-0.1, -0.05) is 17.7 Å². The second-order valence-electron chi connectivity index (χ2n) is 7.34. The van der Waals surface area contributed by atoms with Crippen molar-refractivity contribution in [3.05, 3.63) is 35.4 Å². The zero-order valence-corrected chi connectivity index (χ0v) is 15.2. The van der Waals surface area contributed by atoms with Gasteiger partial charge in [-0.3, -0.25) is 9.59 Å². The summed E-state index contributed by atoms with van der Waals surface area (Å²) in [6.45, 7) is 3.48. The van der Waals surface area contributed by atoms with Crippen LogP contribution in [0.25, 0.3) is 0 Å². The second kappa shape index (κ2) is 7.89. The molecule has 140 valence electrons. The van der Waals surface area contributed by atoms with E-state index in [-0.39, 0.29) is 17.7 Å². The topological polar surface area (TPSA) is 77.9 Å². The first-order valence-electron chi connectivity index (χ1n) is 9.36. The van der Waals surface area contributed by atoms with Gasteiger partial charge in [0, 0.05) is 25.2 Å². The van der Waals surface area contributed by atoms with Gasteiger partial charge in [0.1, 0.15) is 6.04 Å². The van der Waals surface area contributed by atoms with Crippen molar-refractivity contribution in [2.24, 2.45) is 5.92 Å². The van der Waals surface area contributed by atoms with Crippen molar-refractivity contribution >= 4 is 17.8 Å². The lowest BCUT2D eigenvalue weighted by Gasteiger charge is -2.38. The molecule has 0 saturated carbocycles. The fourth-order valence-corrected chi connectivity index (χ4v) is 3.93. The molecule has 0 spiro atoms. The van der Waals surface area contributed by atoms with E-state index in [1.807, 2.05) is 31.2 Å². The molecule has 2 amide bonds. The minimum atomic E-state index is -0.929. The third kappa shape index (κ3) is 3.89. The highest BCUT2D eigenvalue weighted by atomic mass is 16.4. The first-order valence-corrected chi connectivity index (χ1v) is 9.36. The summed E-state index contributed by atoms with van der Waals surface area (Å²) in [6.07, 6.45) is 3.66. The molecule has 6 heteroatoms. The molecule has 0 aliphatic carbocycles. The Morgan fingerprint density at radius 3 is 2.42 bits per heavy atom. The van der Waals surface area contributed by atoms with Crippen LogP contribution in [0, 0.1) is 12.8 Å². The van der Waals surface area contributed by atoms with E-state index in [1.54, 1.807) is 4.90 Å². The molecule has 2 aliphatic rings. The quantitative estimate of drug-likeness (QED) is 0.899. The van der Waals surface area contributed by atoms with E-state index < -0.39 is 12.0 Å². The van der Waals surface area contributed by atoms with Crippen molar-refractivity contribution in [2.45, 2.75) is 45.1 Å². The van der Waals surface area contributed by atoms with Crippen molar-refractivity contribution in [2.75, 3.05) is 19.6 Å². The SMILES string of the molecule is Cc1ccc(C(=O)N2CCCC(C(=O)N3CCCCC3C(=O)O)C2)cc1. The molecule has 1 N–H and O–H groups in total. The first kappa shape index (κ1) is 18.4. The van der Waals surface area contributed by atoms with Crippen LogP contribution >= 0.6 is 0 Å². The Bertz CT molecular complexity index is 686. The van der Waals surface area contributed by atoms with Gasteiger partial charge in [0.15, 0.2) is 0 Å². The molecule has 2 saturated heterocycles. The number of piperidine rings is 2. The van der Waals surface area contributed by atoms with Gasteiger partial charge in [-0.25, -0.2) is 4.79 Å². The Hall–Kier alpha value is -2.37. The van der Waals surface area contributed by atoms with Gasteiger partial charge >= 0.3 is 5.97 Å². The van der Waals surface area contributed by atoms with Crippen LogP contribution in [0.2, 0.25) is 0 Å². The van der Waals surface area contributed by atoms with Crippen LogP contribution in [-0.4, -0.2) is 58.4 Å². The van der Waals surface area contributed by atoms with Crippen LogP contribution in [0.1, 0.15) is 48.0 Å². The summed E-state index contributed by atoms with van der Waals surface area (Å²) in [7, 11) is 0. The maximum absolute atomic E-state index is 12.9. The largest absolute Gasteiger partial charge is 0.480 e. The number of aliphatic carboxylic acids is 1. The van der Waals surface area contributed by atoms with Gasteiger partial charge in [-0.15, -0.1) is 0 Å². The molecule has 2 heterocycles. The van der Waals surface area contributed by atoms with Gasteiger partial charge in [0.05, 0.1) is 5.92 Å². The van der Waals surface area contributed by atoms with Crippen molar-refractivity contribution in [1.82, 2.24) is 9.80 Å². The molecule has 2 aliphatic heterocycles. The molecule has 3 rings (SSSR count). The summed E-state index contributed by atoms with van der Waals surface area (Å²) in [5.41, 5.74) is 1.73. The number of carbonyl (C=O) groups is 3. The van der Waals surface area contributed by atoms with Gasteiger partial charge in [-0.05, 0) is 51.2 Å². The standard InChI is InChI=1S/C20H26N2O4/c1-14-7-9-15(10-8-14)18(23)21-11-4-5-16(13-21)19(24)22-12-3-2-6-17(22)20(25)26/h7-10,16-17H,2-6,11-13H2,1H3,(H,25,26). The number of nitrogens with zero attached hydrogens (tertiary/aromatic N) is 2. The maximum atomic E-state index is 12.9. The van der Waals surface area contributed by atoms with Gasteiger partial charge in [0.25, 0.3) is 5.91 Å². The molecule has 1 aromatic carbocycles. The number of hydrogen-bond donors (Lipinski definition) is 1. The lowest BCUT2D eigenvalue weighted by Crippen LogP contribution is -2.53. The van der Waals surface area contributed by atoms with Gasteiger partial charge in [-0.2, -0.15) is 0 Å². The Labute approximate surface area is 153 Å². The van der Waals surface area contributed by atoms with E-state index in [0.29, 0.717) is 38.0 Å². The highest BCUT2D eigenvalue weighted by Gasteiger charge is 2.37. The molecule has 1 aromatic rings. The minimum absolute atomic E-state index is 0.0593. The zero-order valence-electron chi connectivity index (χ0n) is 15.2. The predicted molar refractivity (Wildman–Crippen MR) is 96.8 cm³/mol. The summed E-state index contributed by atoms with van der Waals surface area (Å²) in [5, 5.41) is 9.41. The van der Waals surface area contributed by atoms with Gasteiger partial charge < -0.3 is 14.9 Å². The van der Waals surface area contributed by atoms with Crippen LogP contribution in [0.15, 0.2) is 24.3 Å². The van der Waals surface area contributed by atoms with Crippen LogP contribution in [-0.2, 0) is 9.59 Å². The third-order valence-electron chi connectivity index (χ3n) is 5.43. The van der Waals surface area contributed by atoms with E-state index in [4.69, 9.17) is 0 Å². The fourth-order valence-electron chi connectivity index (χ4n) is 3.93. The van der Waals surface area contributed by atoms with Crippen LogP contribution in [0.5, 0.6) is 0 Å². The van der Waals surface area contributed by atoms with Crippen molar-refractivity contribution in [3.63, 3.8) is 0 Å². The summed E-state index contributed by atoms with van der Waals surface area (Å²) in [4.78, 5) is 40.4. The monoisotopic (exact) mass is 358 g/mol. The number of amides is 2. The Morgan fingerprint density at radius 1 is 1.00 bits per heavy atom. The average molecular weight is 358 g/mol. The zero-order chi connectivity index (χ0) is 18.7. The average Bonchev–Trinajstić information content (AvgIpc) is 2.67. The second-order valence-corrected chi connectivity index (χ2v) is 7.34. The van der Waals surface area contributed by atoms with Crippen LogP contribution < -0.4 is 0 Å². The number of benzene rings is 1. The van der Waals surface area contributed by atoms with Crippen molar-refractivity contribution in [3.8, 4) is 0 Å². The molecule has 2 atom stereocenters. The number of aryl methyl sites for hydroxylation is 1. The highest BCUT2D eigenvalue weighted by Crippen LogP contribution is 2.25. The fraction of sp³-hybridized carbons (Fsp3) is 0.550. The number of likely N-dealkylation sites (tertiary alicyclic amines) is 2. The van der Waals surface area contributed by atoms with E-state index in [9.17, 15) is 19.5 Å². The molecule has 2 unspecified atom stereocenters. The molecule has 0 bridgehead atoms. The van der Waals surface area contributed by atoms with Crippen molar-refractivity contribution in [1.29, 1.82) is 0 Å². The number of carbonyl (C=O) groups excluding carboxylic acids is 2. The summed E-state index contributed by atoms with van der Waals surface area (Å²) in [6, 6.07) is 6.72. The number of carboxylic acid groups (broad SMARTS) is 1. The van der Waals surface area contributed by atoms with Crippen LogP contribution in [0.3, 0.4) is 0 Å². The highest BCUT2D eigenvalue weighted by molar-refractivity contribution is 5.95. The Morgan fingerprint density at radius 2 is 1.73 bits per heavy atom. The molecule has 0 aromatic heterocycles. The van der Waals surface area contributed by atoms with Crippen molar-refractivity contribution < 1.29 is 19.5 Å². The smallest absolute Gasteiger partial charge is 0.326 e. The number of rotatable bonds is 3. The van der Waals surface area contributed by atoms with E-state index in [2.05, 4.69) is 0 Å². The molecular weight excluding hydrogens is 332 g/mol. The lowest BCUT2D eigenvalue weighted by molar-refractivity contribution is -0.154. The summed E-state index contributed by atoms with van der Waals surface area (Å²) < 4.78 is 0. The normalized spacial score (nSPS) is 23.6. The predicted octanol–water partition coefficient (Wildman–Crippen LogP) is 2.31. The Kier molecular flexibility index (Phi) is 5.59. The van der Waals surface area contributed by atoms with E-state index >= 15 is 0 Å². The molecule has 26 heavy (non-hydrogen) atoms. The Balaban J connectivity index is 1.69. The maximum Gasteiger partial charge on any atom is 0.326 e. The summed E-state index contributed by atoms with van der Waals surface area (Å²) in [5.74, 6) is -1.41.